The SMILES string of the molecule is Cc1cc(NC(=O)c2ccco2)sc1C(=O)OCC(=O)c1cc(F)ccc1F. The van der Waals surface area contributed by atoms with Gasteiger partial charge in [0.15, 0.2) is 12.4 Å². The molecular formula is C19H13F2NO5S. The summed E-state index contributed by atoms with van der Waals surface area (Å²) in [5.74, 6) is -3.74. The zero-order chi connectivity index (χ0) is 20.3. The molecule has 0 aliphatic rings. The van der Waals surface area contributed by atoms with E-state index in [4.69, 9.17) is 9.15 Å². The number of Topliss-reactive ketones (excluding diaryl/α,β-unsaturated/α-hetero) is 1. The van der Waals surface area contributed by atoms with Crippen LogP contribution in [0, 0.1) is 18.6 Å². The maximum atomic E-state index is 13.6. The molecule has 0 radical (unpaired) electrons. The van der Waals surface area contributed by atoms with E-state index in [2.05, 4.69) is 5.32 Å². The van der Waals surface area contributed by atoms with Gasteiger partial charge in [0.25, 0.3) is 5.91 Å². The number of hydrogen-bond acceptors (Lipinski definition) is 6. The summed E-state index contributed by atoms with van der Waals surface area (Å²) in [6.07, 6.45) is 1.36. The average molecular weight is 405 g/mol. The molecule has 0 saturated carbocycles. The molecule has 0 fully saturated rings. The first-order valence-electron chi connectivity index (χ1n) is 7.96. The zero-order valence-corrected chi connectivity index (χ0v) is 15.3. The number of ketones is 1. The fraction of sp³-hybridized carbons (Fsp3) is 0.105. The van der Waals surface area contributed by atoms with Crippen LogP contribution in [0.4, 0.5) is 13.8 Å². The Hall–Kier alpha value is -3.33. The van der Waals surface area contributed by atoms with Gasteiger partial charge in [0, 0.05) is 0 Å². The lowest BCUT2D eigenvalue weighted by atomic mass is 10.1. The maximum Gasteiger partial charge on any atom is 0.349 e. The minimum Gasteiger partial charge on any atom is -0.459 e. The Kier molecular flexibility index (Phi) is 5.65. The molecule has 0 aliphatic heterocycles. The lowest BCUT2D eigenvalue weighted by molar-refractivity contribution is 0.0477. The normalized spacial score (nSPS) is 10.5. The highest BCUT2D eigenvalue weighted by Crippen LogP contribution is 2.28. The molecule has 2 heterocycles. The van der Waals surface area contributed by atoms with E-state index < -0.39 is 41.5 Å². The van der Waals surface area contributed by atoms with Crippen LogP contribution in [0.1, 0.15) is 36.1 Å². The van der Waals surface area contributed by atoms with Crippen LogP contribution in [0.2, 0.25) is 0 Å². The van der Waals surface area contributed by atoms with Gasteiger partial charge in [0.1, 0.15) is 16.5 Å². The van der Waals surface area contributed by atoms with Gasteiger partial charge in [-0.25, -0.2) is 13.6 Å². The quantitative estimate of drug-likeness (QED) is 0.490. The number of benzene rings is 1. The third-order valence-electron chi connectivity index (χ3n) is 3.65. The van der Waals surface area contributed by atoms with E-state index in [1.54, 1.807) is 19.1 Å². The molecule has 0 atom stereocenters. The van der Waals surface area contributed by atoms with Crippen LogP contribution in [0.5, 0.6) is 0 Å². The van der Waals surface area contributed by atoms with Crippen LogP contribution >= 0.6 is 11.3 Å². The van der Waals surface area contributed by atoms with Gasteiger partial charge in [-0.2, -0.15) is 0 Å². The molecule has 0 unspecified atom stereocenters. The van der Waals surface area contributed by atoms with Crippen molar-refractivity contribution in [3.8, 4) is 0 Å². The molecule has 1 aromatic carbocycles. The van der Waals surface area contributed by atoms with Crippen molar-refractivity contribution in [3.05, 3.63) is 76.1 Å². The van der Waals surface area contributed by atoms with E-state index in [0.29, 0.717) is 10.6 Å². The van der Waals surface area contributed by atoms with E-state index >= 15 is 0 Å². The van der Waals surface area contributed by atoms with Gasteiger partial charge >= 0.3 is 5.97 Å². The molecule has 0 saturated heterocycles. The molecule has 1 N–H and O–H groups in total. The van der Waals surface area contributed by atoms with Gasteiger partial charge in [-0.3, -0.25) is 9.59 Å². The molecule has 3 aromatic rings. The second-order valence-electron chi connectivity index (χ2n) is 5.68. The van der Waals surface area contributed by atoms with Gasteiger partial charge in [0.05, 0.1) is 16.8 Å². The van der Waals surface area contributed by atoms with Crippen molar-refractivity contribution in [3.63, 3.8) is 0 Å². The first kappa shape index (κ1) is 19.4. The molecule has 28 heavy (non-hydrogen) atoms. The summed E-state index contributed by atoms with van der Waals surface area (Å²) < 4.78 is 36.7. The van der Waals surface area contributed by atoms with Crippen molar-refractivity contribution in [2.75, 3.05) is 11.9 Å². The van der Waals surface area contributed by atoms with E-state index in [0.717, 1.165) is 29.5 Å². The number of carbonyl (C=O) groups excluding carboxylic acids is 3. The van der Waals surface area contributed by atoms with Crippen LogP contribution in [0.3, 0.4) is 0 Å². The molecule has 0 aliphatic carbocycles. The van der Waals surface area contributed by atoms with Crippen LogP contribution in [0.25, 0.3) is 0 Å². The third kappa shape index (κ3) is 4.32. The van der Waals surface area contributed by atoms with Crippen molar-refractivity contribution in [1.82, 2.24) is 0 Å². The molecule has 1 amide bonds. The van der Waals surface area contributed by atoms with Gasteiger partial charge in [-0.1, -0.05) is 0 Å². The number of rotatable bonds is 6. The van der Waals surface area contributed by atoms with E-state index in [-0.39, 0.29) is 10.6 Å². The number of ether oxygens (including phenoxy) is 1. The Labute approximate surface area is 161 Å². The highest BCUT2D eigenvalue weighted by atomic mass is 32.1. The van der Waals surface area contributed by atoms with Crippen molar-refractivity contribution in [1.29, 1.82) is 0 Å². The van der Waals surface area contributed by atoms with E-state index in [9.17, 15) is 23.2 Å². The first-order valence-corrected chi connectivity index (χ1v) is 8.77. The molecule has 0 spiro atoms. The fourth-order valence-corrected chi connectivity index (χ4v) is 3.27. The lowest BCUT2D eigenvalue weighted by Crippen LogP contribution is -2.15. The smallest absolute Gasteiger partial charge is 0.349 e. The summed E-state index contributed by atoms with van der Waals surface area (Å²) in [4.78, 5) is 36.3. The van der Waals surface area contributed by atoms with Crippen molar-refractivity contribution in [2.24, 2.45) is 0 Å². The van der Waals surface area contributed by atoms with Gasteiger partial charge in [-0.15, -0.1) is 11.3 Å². The summed E-state index contributed by atoms with van der Waals surface area (Å²) in [6, 6.07) is 7.06. The summed E-state index contributed by atoms with van der Waals surface area (Å²) in [5.41, 5.74) is 0.0243. The third-order valence-corrected chi connectivity index (χ3v) is 4.78. The largest absolute Gasteiger partial charge is 0.459 e. The number of carbonyl (C=O) groups is 3. The Morgan fingerprint density at radius 2 is 1.96 bits per heavy atom. The lowest BCUT2D eigenvalue weighted by Gasteiger charge is -2.05. The number of furan rings is 1. The molecule has 144 valence electrons. The minimum atomic E-state index is -0.905. The van der Waals surface area contributed by atoms with Crippen LogP contribution in [-0.4, -0.2) is 24.3 Å². The van der Waals surface area contributed by atoms with Crippen molar-refractivity contribution in [2.45, 2.75) is 6.92 Å². The number of esters is 1. The average Bonchev–Trinajstić information content (AvgIpc) is 3.31. The highest BCUT2D eigenvalue weighted by Gasteiger charge is 2.20. The molecule has 9 heteroatoms. The van der Waals surface area contributed by atoms with Crippen molar-refractivity contribution >= 4 is 34.0 Å². The number of aryl methyl sites for hydroxylation is 1. The Bertz CT molecular complexity index is 1040. The van der Waals surface area contributed by atoms with Gasteiger partial charge < -0.3 is 14.5 Å². The number of nitrogens with one attached hydrogen (secondary N) is 1. The second kappa shape index (κ2) is 8.13. The number of amides is 1. The Morgan fingerprint density at radius 1 is 1.18 bits per heavy atom. The summed E-state index contributed by atoms with van der Waals surface area (Å²) in [7, 11) is 0. The Morgan fingerprint density at radius 3 is 2.68 bits per heavy atom. The molecule has 0 bridgehead atoms. The monoisotopic (exact) mass is 405 g/mol. The van der Waals surface area contributed by atoms with Gasteiger partial charge in [-0.05, 0) is 48.9 Å². The van der Waals surface area contributed by atoms with E-state index in [1.165, 1.54) is 12.3 Å². The minimum absolute atomic E-state index is 0.109. The topological polar surface area (TPSA) is 85.6 Å². The van der Waals surface area contributed by atoms with E-state index in [1.807, 2.05) is 0 Å². The predicted octanol–water partition coefficient (Wildman–Crippen LogP) is 4.22. The first-order chi connectivity index (χ1) is 13.3. The van der Waals surface area contributed by atoms with Crippen LogP contribution in [-0.2, 0) is 4.74 Å². The zero-order valence-electron chi connectivity index (χ0n) is 14.5. The van der Waals surface area contributed by atoms with Crippen LogP contribution in [0.15, 0.2) is 47.1 Å². The summed E-state index contributed by atoms with van der Waals surface area (Å²) in [6.45, 7) is 0.883. The van der Waals surface area contributed by atoms with Gasteiger partial charge in [0.2, 0.25) is 5.78 Å². The number of hydrogen-bond donors (Lipinski definition) is 1. The van der Waals surface area contributed by atoms with Crippen molar-refractivity contribution < 1.29 is 32.3 Å². The molecular weight excluding hydrogens is 392 g/mol. The molecule has 2 aromatic heterocycles. The number of anilines is 1. The second-order valence-corrected chi connectivity index (χ2v) is 6.73. The molecule has 6 nitrogen and oxygen atoms in total. The highest BCUT2D eigenvalue weighted by molar-refractivity contribution is 7.18. The number of thiophene rings is 1. The fourth-order valence-electron chi connectivity index (χ4n) is 2.31. The van der Waals surface area contributed by atoms with Crippen LogP contribution < -0.4 is 5.32 Å². The standard InChI is InChI=1S/C19H13F2NO5S/c1-10-7-16(22-18(24)15-3-2-6-26-15)28-17(10)19(25)27-9-14(23)12-8-11(20)4-5-13(12)21/h2-8H,9H2,1H3,(H,22,24). The predicted molar refractivity (Wildman–Crippen MR) is 96.7 cm³/mol. The Balaban J connectivity index is 1.64. The number of halogens is 2. The maximum absolute atomic E-state index is 13.6. The summed E-state index contributed by atoms with van der Waals surface area (Å²) >= 11 is 0.953. The molecule has 3 rings (SSSR count). The summed E-state index contributed by atoms with van der Waals surface area (Å²) in [5, 5.41) is 2.97.